The molecular formula is C37H41FN10O5. The molecule has 1 aliphatic carbocycles. The van der Waals surface area contributed by atoms with Gasteiger partial charge in [-0.25, -0.2) is 18.7 Å². The summed E-state index contributed by atoms with van der Waals surface area (Å²) in [6.45, 7) is 0.481. The molecule has 4 heterocycles. The van der Waals surface area contributed by atoms with Gasteiger partial charge in [0.15, 0.2) is 17.2 Å². The van der Waals surface area contributed by atoms with Crippen LogP contribution in [0.4, 0.5) is 21.6 Å². The number of alkyl halides is 1. The Morgan fingerprint density at radius 1 is 1.00 bits per heavy atom. The molecule has 5 aromatic rings. The quantitative estimate of drug-likeness (QED) is 0.0845. The van der Waals surface area contributed by atoms with Crippen molar-refractivity contribution < 1.29 is 23.6 Å². The number of halogens is 1. The van der Waals surface area contributed by atoms with Crippen molar-refractivity contribution in [3.8, 4) is 0 Å². The number of anilines is 3. The zero-order valence-electron chi connectivity index (χ0n) is 29.4. The number of unbranched alkanes of at least 4 members (excludes halogenated alkanes) is 3. The molecule has 2 fully saturated rings. The van der Waals surface area contributed by atoms with Crippen LogP contribution in [0.1, 0.15) is 77.4 Å². The smallest absolute Gasteiger partial charge is 0.329 e. The highest BCUT2D eigenvalue weighted by molar-refractivity contribution is 6.01. The van der Waals surface area contributed by atoms with E-state index in [4.69, 9.17) is 0 Å². The van der Waals surface area contributed by atoms with Gasteiger partial charge in [0.25, 0.3) is 11.8 Å². The normalized spacial score (nSPS) is 18.2. The number of carbonyl (C=O) groups excluding carboxylic acids is 4. The maximum Gasteiger partial charge on any atom is 0.329 e. The Morgan fingerprint density at radius 2 is 1.79 bits per heavy atom. The van der Waals surface area contributed by atoms with Crippen LogP contribution in [0.2, 0.25) is 0 Å². The fraction of sp³-hybridized carbons (Fsp3) is 0.378. The number of piperidine rings is 1. The van der Waals surface area contributed by atoms with Crippen LogP contribution in [0.25, 0.3) is 16.7 Å². The molecule has 1 aliphatic heterocycles. The lowest BCUT2D eigenvalue weighted by molar-refractivity contribution is -0.135. The van der Waals surface area contributed by atoms with Crippen molar-refractivity contribution in [1.29, 1.82) is 0 Å². The van der Waals surface area contributed by atoms with Crippen molar-refractivity contribution in [1.82, 2.24) is 39.7 Å². The van der Waals surface area contributed by atoms with Crippen LogP contribution in [-0.4, -0.2) is 73.2 Å². The number of para-hydroxylation sites is 2. The lowest BCUT2D eigenvalue weighted by Crippen LogP contribution is -2.44. The molecule has 1 saturated carbocycles. The highest BCUT2D eigenvalue weighted by atomic mass is 19.1. The second-order valence-corrected chi connectivity index (χ2v) is 13.5. The Bertz CT molecular complexity index is 2290. The zero-order chi connectivity index (χ0) is 37.2. The first-order valence-electron chi connectivity index (χ1n) is 17.8. The lowest BCUT2D eigenvalue weighted by atomic mass is 10.0. The van der Waals surface area contributed by atoms with E-state index in [-0.39, 0.29) is 42.5 Å². The van der Waals surface area contributed by atoms with Crippen LogP contribution >= 0.6 is 0 Å². The highest BCUT2D eigenvalue weighted by Gasteiger charge is 2.39. The molecule has 16 heteroatoms. The minimum absolute atomic E-state index is 0.164. The summed E-state index contributed by atoms with van der Waals surface area (Å²) in [4.78, 5) is 67.9. The lowest BCUT2D eigenvalue weighted by Gasteiger charge is -2.21. The average Bonchev–Trinajstić information content (AvgIpc) is 3.55. The average molecular weight is 725 g/mol. The van der Waals surface area contributed by atoms with Gasteiger partial charge in [0.1, 0.15) is 12.2 Å². The molecule has 7 rings (SSSR count). The molecule has 0 radical (unpaired) electrons. The summed E-state index contributed by atoms with van der Waals surface area (Å²) >= 11 is 0. The summed E-state index contributed by atoms with van der Waals surface area (Å²) < 4.78 is 17.9. The molecule has 0 spiro atoms. The van der Waals surface area contributed by atoms with Gasteiger partial charge in [0, 0.05) is 39.5 Å². The number of imide groups is 1. The Balaban J connectivity index is 0.934. The molecule has 3 atom stereocenters. The summed E-state index contributed by atoms with van der Waals surface area (Å²) in [7, 11) is 3.43. The number of carbonyl (C=O) groups is 4. The Hall–Kier alpha value is -6.06. The van der Waals surface area contributed by atoms with Crippen molar-refractivity contribution >= 4 is 57.5 Å². The van der Waals surface area contributed by atoms with Crippen LogP contribution in [0.3, 0.4) is 0 Å². The third kappa shape index (κ3) is 7.21. The molecule has 15 nitrogen and oxygen atoms in total. The van der Waals surface area contributed by atoms with E-state index in [1.807, 2.05) is 18.2 Å². The van der Waals surface area contributed by atoms with Crippen molar-refractivity contribution in [3.63, 3.8) is 0 Å². The Kier molecular flexibility index (Phi) is 9.93. The molecule has 53 heavy (non-hydrogen) atoms. The number of nitrogens with zero attached hydrogens (tertiary/aromatic N) is 5. The first-order chi connectivity index (χ1) is 25.6. The SMILES string of the molecule is CNc1cc(Nc2ccccc2C(=O)NCCCCCCc2cccc3c2n(C)c(=O)n3C2CCC(=O)NC2=O)nn2c(C(=O)N[C@@H]3C[C@@H]3F)cnc12. The number of amides is 4. The summed E-state index contributed by atoms with van der Waals surface area (Å²) in [5.41, 5.74) is 4.35. The van der Waals surface area contributed by atoms with Gasteiger partial charge >= 0.3 is 5.69 Å². The first-order valence-corrected chi connectivity index (χ1v) is 17.8. The molecule has 4 amide bonds. The van der Waals surface area contributed by atoms with Gasteiger partial charge in [-0.3, -0.25) is 33.6 Å². The van der Waals surface area contributed by atoms with E-state index in [2.05, 4.69) is 36.7 Å². The second kappa shape index (κ2) is 14.9. The number of hydrogen-bond acceptors (Lipinski definition) is 9. The largest absolute Gasteiger partial charge is 0.385 e. The van der Waals surface area contributed by atoms with Crippen LogP contribution < -0.4 is 32.3 Å². The maximum absolute atomic E-state index is 13.4. The molecule has 2 aromatic carbocycles. The van der Waals surface area contributed by atoms with Gasteiger partial charge in [-0.1, -0.05) is 37.1 Å². The number of hydrogen-bond donors (Lipinski definition) is 5. The van der Waals surface area contributed by atoms with E-state index >= 15 is 0 Å². The molecule has 276 valence electrons. The number of benzene rings is 2. The Labute approximate surface area is 303 Å². The summed E-state index contributed by atoms with van der Waals surface area (Å²) in [5, 5.41) is 18.8. The monoisotopic (exact) mass is 724 g/mol. The third-order valence-corrected chi connectivity index (χ3v) is 9.80. The summed E-state index contributed by atoms with van der Waals surface area (Å²) in [5.74, 6) is -1.13. The predicted molar refractivity (Wildman–Crippen MR) is 196 cm³/mol. The standard InChI is InChI=1S/C37H41FN10O5/c1-39-26-19-30(45-48-29(20-41-33(26)48)36(52)43-25-18-23(25)38)42-24-13-7-6-12-22(24)34(50)40-17-8-4-3-5-10-21-11-9-14-27-32(21)46(2)37(53)47(27)28-15-16-31(49)44-35(28)51/h6-7,9,11-14,19-20,23,25,28,39H,3-5,8,10,15-18H2,1-2H3,(H,40,50)(H,42,45)(H,43,52)(H,44,49,51)/t23-,25+,28?/m0/s1. The van der Waals surface area contributed by atoms with Crippen LogP contribution in [-0.2, 0) is 23.1 Å². The zero-order valence-corrected chi connectivity index (χ0v) is 29.4. The fourth-order valence-electron chi connectivity index (χ4n) is 6.89. The third-order valence-electron chi connectivity index (χ3n) is 9.80. The molecular weight excluding hydrogens is 683 g/mol. The van der Waals surface area contributed by atoms with Gasteiger partial charge in [-0.2, -0.15) is 0 Å². The molecule has 1 unspecified atom stereocenters. The van der Waals surface area contributed by atoms with E-state index in [1.54, 1.807) is 49.0 Å². The van der Waals surface area contributed by atoms with Crippen LogP contribution in [0.15, 0.2) is 59.5 Å². The molecule has 5 N–H and O–H groups in total. The van der Waals surface area contributed by atoms with Crippen molar-refractivity contribution in [2.24, 2.45) is 7.05 Å². The molecule has 3 aromatic heterocycles. The molecule has 0 bridgehead atoms. The summed E-state index contributed by atoms with van der Waals surface area (Å²) in [6, 6.07) is 13.3. The maximum atomic E-state index is 13.4. The number of imidazole rings is 2. The van der Waals surface area contributed by atoms with Crippen LogP contribution in [0, 0.1) is 0 Å². The van der Waals surface area contributed by atoms with Gasteiger partial charge in [-0.15, -0.1) is 5.10 Å². The number of aryl methyl sites for hydroxylation is 2. The number of fused-ring (bicyclic) bond motifs is 2. The van der Waals surface area contributed by atoms with E-state index in [1.165, 1.54) is 15.3 Å². The van der Waals surface area contributed by atoms with Gasteiger partial charge in [-0.05, 0) is 49.4 Å². The van der Waals surface area contributed by atoms with E-state index in [0.29, 0.717) is 40.5 Å². The van der Waals surface area contributed by atoms with E-state index < -0.39 is 30.1 Å². The fourth-order valence-corrected chi connectivity index (χ4v) is 6.89. The second-order valence-electron chi connectivity index (χ2n) is 13.5. The van der Waals surface area contributed by atoms with E-state index in [9.17, 15) is 28.4 Å². The number of nitrogens with one attached hydrogen (secondary N) is 5. The van der Waals surface area contributed by atoms with Crippen molar-refractivity contribution in [2.75, 3.05) is 24.2 Å². The topological polar surface area (TPSA) is 186 Å². The predicted octanol–water partition coefficient (Wildman–Crippen LogP) is 3.52. The number of rotatable bonds is 14. The van der Waals surface area contributed by atoms with Gasteiger partial charge in [0.2, 0.25) is 11.8 Å². The highest BCUT2D eigenvalue weighted by Crippen LogP contribution is 2.28. The first kappa shape index (κ1) is 35.3. The van der Waals surface area contributed by atoms with Gasteiger partial charge in [0.05, 0.1) is 40.2 Å². The molecule has 1 saturated heterocycles. The van der Waals surface area contributed by atoms with E-state index in [0.717, 1.165) is 43.2 Å². The summed E-state index contributed by atoms with van der Waals surface area (Å²) in [6.07, 6.45) is 5.31. The number of aromatic nitrogens is 5. The van der Waals surface area contributed by atoms with Crippen molar-refractivity contribution in [3.05, 3.63) is 82.0 Å². The van der Waals surface area contributed by atoms with Crippen molar-refractivity contribution in [2.45, 2.75) is 69.6 Å². The van der Waals surface area contributed by atoms with Crippen LogP contribution in [0.5, 0.6) is 0 Å². The molecule has 2 aliphatic rings. The minimum atomic E-state index is -1.04. The van der Waals surface area contributed by atoms with Gasteiger partial charge < -0.3 is 21.3 Å². The minimum Gasteiger partial charge on any atom is -0.385 e. The Morgan fingerprint density at radius 3 is 2.57 bits per heavy atom.